The number of nitrogens with zero attached hydrogens (tertiary/aromatic N) is 2. The van der Waals surface area contributed by atoms with Gasteiger partial charge in [0, 0.05) is 18.6 Å². The average molecular weight is 330 g/mol. The monoisotopic (exact) mass is 329 g/mol. The van der Waals surface area contributed by atoms with E-state index in [4.69, 9.17) is 11.6 Å². The SMILES string of the molecule is Cn1c(=O)n(CC(=O)NCc2cccc(Cl)c2)c2ccccc21. The normalized spacial score (nSPS) is 10.9. The summed E-state index contributed by atoms with van der Waals surface area (Å²) in [4.78, 5) is 24.4. The molecule has 0 fully saturated rings. The number of aromatic nitrogens is 2. The van der Waals surface area contributed by atoms with Gasteiger partial charge in [-0.1, -0.05) is 35.9 Å². The molecule has 118 valence electrons. The van der Waals surface area contributed by atoms with Crippen LogP contribution in [0.25, 0.3) is 11.0 Å². The molecule has 0 aliphatic carbocycles. The fourth-order valence-corrected chi connectivity index (χ4v) is 2.78. The molecule has 23 heavy (non-hydrogen) atoms. The smallest absolute Gasteiger partial charge is 0.329 e. The zero-order valence-corrected chi connectivity index (χ0v) is 13.4. The van der Waals surface area contributed by atoms with E-state index < -0.39 is 0 Å². The van der Waals surface area contributed by atoms with Crippen LogP contribution >= 0.6 is 11.6 Å². The van der Waals surface area contributed by atoms with Gasteiger partial charge in [0.25, 0.3) is 0 Å². The lowest BCUT2D eigenvalue weighted by atomic mass is 10.2. The highest BCUT2D eigenvalue weighted by molar-refractivity contribution is 6.30. The Morgan fingerprint density at radius 3 is 2.61 bits per heavy atom. The molecular formula is C17H16ClN3O2. The van der Waals surface area contributed by atoms with Gasteiger partial charge in [0.2, 0.25) is 5.91 Å². The molecule has 0 unspecified atom stereocenters. The summed E-state index contributed by atoms with van der Waals surface area (Å²) in [5.41, 5.74) is 2.26. The Morgan fingerprint density at radius 1 is 1.13 bits per heavy atom. The van der Waals surface area contributed by atoms with Crippen LogP contribution in [-0.2, 0) is 24.9 Å². The van der Waals surface area contributed by atoms with Crippen molar-refractivity contribution in [1.29, 1.82) is 0 Å². The molecule has 0 atom stereocenters. The number of nitrogens with one attached hydrogen (secondary N) is 1. The summed E-state index contributed by atoms with van der Waals surface area (Å²) in [6.45, 7) is 0.361. The van der Waals surface area contributed by atoms with E-state index in [1.54, 1.807) is 23.7 Å². The summed E-state index contributed by atoms with van der Waals surface area (Å²) in [6, 6.07) is 14.7. The van der Waals surface area contributed by atoms with Crippen LogP contribution in [0.4, 0.5) is 0 Å². The van der Waals surface area contributed by atoms with Crippen LogP contribution in [0.15, 0.2) is 53.3 Å². The molecule has 0 radical (unpaired) electrons. The van der Waals surface area contributed by atoms with E-state index in [0.717, 1.165) is 16.6 Å². The van der Waals surface area contributed by atoms with Gasteiger partial charge in [-0.25, -0.2) is 4.79 Å². The first kappa shape index (κ1) is 15.4. The van der Waals surface area contributed by atoms with Gasteiger partial charge in [-0.3, -0.25) is 13.9 Å². The Balaban J connectivity index is 1.76. The number of fused-ring (bicyclic) bond motifs is 1. The third-order valence-electron chi connectivity index (χ3n) is 3.73. The van der Waals surface area contributed by atoms with Crippen LogP contribution in [-0.4, -0.2) is 15.0 Å². The molecule has 5 nitrogen and oxygen atoms in total. The third-order valence-corrected chi connectivity index (χ3v) is 3.97. The molecule has 2 aromatic carbocycles. The second-order valence-corrected chi connectivity index (χ2v) is 5.76. The van der Waals surface area contributed by atoms with Crippen LogP contribution < -0.4 is 11.0 Å². The fraction of sp³-hybridized carbons (Fsp3) is 0.176. The van der Waals surface area contributed by atoms with Gasteiger partial charge in [-0.15, -0.1) is 0 Å². The highest BCUT2D eigenvalue weighted by atomic mass is 35.5. The topological polar surface area (TPSA) is 56.0 Å². The molecule has 0 spiro atoms. The number of hydrogen-bond acceptors (Lipinski definition) is 2. The summed E-state index contributed by atoms with van der Waals surface area (Å²) in [5.74, 6) is -0.219. The van der Waals surface area contributed by atoms with Crippen LogP contribution in [0.3, 0.4) is 0 Å². The first-order valence-electron chi connectivity index (χ1n) is 7.21. The zero-order valence-electron chi connectivity index (χ0n) is 12.6. The van der Waals surface area contributed by atoms with Gasteiger partial charge >= 0.3 is 5.69 Å². The maximum Gasteiger partial charge on any atom is 0.329 e. The lowest BCUT2D eigenvalue weighted by Crippen LogP contribution is -2.32. The van der Waals surface area contributed by atoms with Crippen molar-refractivity contribution in [1.82, 2.24) is 14.5 Å². The summed E-state index contributed by atoms with van der Waals surface area (Å²) in [5, 5.41) is 3.44. The predicted octanol–water partition coefficient (Wildman–Crippen LogP) is 2.31. The standard InChI is InChI=1S/C17H16ClN3O2/c1-20-14-7-2-3-8-15(14)21(17(20)23)11-16(22)19-10-12-5-4-6-13(18)9-12/h2-9H,10-11H2,1H3,(H,19,22). The number of carbonyl (C=O) groups excluding carboxylic acids is 1. The number of amides is 1. The molecule has 3 rings (SSSR count). The molecule has 0 aliphatic rings. The van der Waals surface area contributed by atoms with Gasteiger partial charge in [-0.05, 0) is 29.8 Å². The minimum atomic E-state index is -0.219. The first-order chi connectivity index (χ1) is 11.1. The molecule has 1 heterocycles. The summed E-state index contributed by atoms with van der Waals surface area (Å²) in [7, 11) is 1.70. The molecule has 1 aromatic heterocycles. The lowest BCUT2D eigenvalue weighted by Gasteiger charge is -2.06. The number of para-hydroxylation sites is 2. The molecule has 1 N–H and O–H groups in total. The molecule has 0 aliphatic heterocycles. The number of hydrogen-bond donors (Lipinski definition) is 1. The lowest BCUT2D eigenvalue weighted by molar-refractivity contribution is -0.121. The fourth-order valence-electron chi connectivity index (χ4n) is 2.56. The van der Waals surface area contributed by atoms with Crippen molar-refractivity contribution in [2.75, 3.05) is 0 Å². The minimum absolute atomic E-state index is 0.0131. The molecule has 0 bridgehead atoms. The second kappa shape index (κ2) is 6.30. The van der Waals surface area contributed by atoms with Gasteiger partial charge < -0.3 is 5.32 Å². The van der Waals surface area contributed by atoms with Crippen molar-refractivity contribution < 1.29 is 4.79 Å². The molecule has 6 heteroatoms. The molecule has 0 saturated carbocycles. The molecule has 3 aromatic rings. The van der Waals surface area contributed by atoms with Crippen molar-refractivity contribution in [2.45, 2.75) is 13.1 Å². The maximum atomic E-state index is 12.3. The molecule has 1 amide bonds. The van der Waals surface area contributed by atoms with Crippen LogP contribution in [0, 0.1) is 0 Å². The summed E-state index contributed by atoms with van der Waals surface area (Å²) < 4.78 is 3.02. The number of imidazole rings is 1. The van der Waals surface area contributed by atoms with Crippen LogP contribution in [0.2, 0.25) is 5.02 Å². The van der Waals surface area contributed by atoms with Crippen molar-refractivity contribution in [3.05, 3.63) is 69.6 Å². The van der Waals surface area contributed by atoms with Crippen LogP contribution in [0.5, 0.6) is 0 Å². The van der Waals surface area contributed by atoms with E-state index in [1.165, 1.54) is 4.57 Å². The predicted molar refractivity (Wildman–Crippen MR) is 90.5 cm³/mol. The Labute approximate surface area is 138 Å². The zero-order chi connectivity index (χ0) is 16.4. The van der Waals surface area contributed by atoms with Crippen molar-refractivity contribution in [3.8, 4) is 0 Å². The number of carbonyl (C=O) groups is 1. The first-order valence-corrected chi connectivity index (χ1v) is 7.59. The Hall–Kier alpha value is -2.53. The van der Waals surface area contributed by atoms with E-state index in [2.05, 4.69) is 5.32 Å². The molecule has 0 saturated heterocycles. The van der Waals surface area contributed by atoms with Gasteiger partial charge in [0.05, 0.1) is 11.0 Å². The minimum Gasteiger partial charge on any atom is -0.350 e. The summed E-state index contributed by atoms with van der Waals surface area (Å²) >= 11 is 5.92. The van der Waals surface area contributed by atoms with Gasteiger partial charge in [0.1, 0.15) is 6.54 Å². The number of aryl methyl sites for hydroxylation is 1. The van der Waals surface area contributed by atoms with Crippen molar-refractivity contribution in [2.24, 2.45) is 7.05 Å². The number of rotatable bonds is 4. The van der Waals surface area contributed by atoms with Crippen molar-refractivity contribution in [3.63, 3.8) is 0 Å². The largest absolute Gasteiger partial charge is 0.350 e. The number of benzene rings is 2. The quantitative estimate of drug-likeness (QED) is 0.798. The highest BCUT2D eigenvalue weighted by Gasteiger charge is 2.12. The highest BCUT2D eigenvalue weighted by Crippen LogP contribution is 2.12. The Morgan fingerprint density at radius 2 is 1.87 bits per heavy atom. The van der Waals surface area contributed by atoms with E-state index in [-0.39, 0.29) is 18.1 Å². The Bertz CT molecular complexity index is 927. The van der Waals surface area contributed by atoms with Gasteiger partial charge in [-0.2, -0.15) is 0 Å². The number of halogens is 1. The van der Waals surface area contributed by atoms with E-state index in [9.17, 15) is 9.59 Å². The van der Waals surface area contributed by atoms with E-state index in [1.807, 2.05) is 36.4 Å². The van der Waals surface area contributed by atoms with E-state index in [0.29, 0.717) is 11.6 Å². The van der Waals surface area contributed by atoms with Crippen molar-refractivity contribution >= 4 is 28.5 Å². The molecular weight excluding hydrogens is 314 g/mol. The summed E-state index contributed by atoms with van der Waals surface area (Å²) in [6.07, 6.45) is 0. The Kier molecular flexibility index (Phi) is 4.21. The van der Waals surface area contributed by atoms with E-state index >= 15 is 0 Å². The average Bonchev–Trinajstić information content (AvgIpc) is 2.79. The van der Waals surface area contributed by atoms with Gasteiger partial charge in [0.15, 0.2) is 0 Å². The van der Waals surface area contributed by atoms with Crippen LogP contribution in [0.1, 0.15) is 5.56 Å². The maximum absolute atomic E-state index is 12.3. The second-order valence-electron chi connectivity index (χ2n) is 5.32. The third kappa shape index (κ3) is 3.14.